The number of benzene rings is 2. The lowest BCUT2D eigenvalue weighted by molar-refractivity contribution is 0.102. The fourth-order valence-electron chi connectivity index (χ4n) is 1.49. The van der Waals surface area contributed by atoms with Crippen molar-refractivity contribution in [3.05, 3.63) is 53.1 Å². The average molecular weight is 263 g/mol. The molecule has 2 aromatic carbocycles. The maximum atomic E-state index is 11.9. The summed E-state index contributed by atoms with van der Waals surface area (Å²) in [6.45, 7) is 0. The number of nitrogens with one attached hydrogen (secondary N) is 1. The second-order valence-corrected chi connectivity index (χ2v) is 4.12. The molecule has 2 aromatic rings. The van der Waals surface area contributed by atoms with Gasteiger partial charge in [0.25, 0.3) is 5.91 Å². The molecule has 0 aliphatic carbocycles. The molecule has 1 amide bonds. The summed E-state index contributed by atoms with van der Waals surface area (Å²) in [6, 6.07) is 11.0. The molecule has 0 aliphatic rings. The zero-order chi connectivity index (χ0) is 13.1. The third-order valence-corrected chi connectivity index (χ3v) is 2.72. The average Bonchev–Trinajstić information content (AvgIpc) is 2.34. The zero-order valence-electron chi connectivity index (χ0n) is 9.35. The highest BCUT2D eigenvalue weighted by Gasteiger charge is 2.12. The van der Waals surface area contributed by atoms with E-state index in [0.29, 0.717) is 16.4 Å². The number of hydrogen-bond acceptors (Lipinski definition) is 3. The minimum Gasteiger partial charge on any atom is -0.507 e. The summed E-state index contributed by atoms with van der Waals surface area (Å²) in [5.74, 6) is -0.532. The first-order valence-electron chi connectivity index (χ1n) is 5.22. The van der Waals surface area contributed by atoms with Crippen LogP contribution in [0.2, 0.25) is 5.02 Å². The van der Waals surface area contributed by atoms with Crippen molar-refractivity contribution in [2.45, 2.75) is 0 Å². The first-order chi connectivity index (χ1) is 8.58. The van der Waals surface area contributed by atoms with Gasteiger partial charge < -0.3 is 16.2 Å². The molecular formula is C13H11ClN2O2. The molecular weight excluding hydrogens is 252 g/mol. The summed E-state index contributed by atoms with van der Waals surface area (Å²) in [5.41, 5.74) is 6.69. The van der Waals surface area contributed by atoms with Crippen molar-refractivity contribution in [2.75, 3.05) is 11.1 Å². The molecule has 0 aliphatic heterocycles. The van der Waals surface area contributed by atoms with Crippen LogP contribution in [-0.4, -0.2) is 11.0 Å². The highest BCUT2D eigenvalue weighted by Crippen LogP contribution is 2.25. The van der Waals surface area contributed by atoms with Crippen molar-refractivity contribution in [3.8, 4) is 5.75 Å². The number of halogens is 1. The number of phenols is 1. The molecule has 0 unspecified atom stereocenters. The van der Waals surface area contributed by atoms with E-state index in [1.54, 1.807) is 30.3 Å². The van der Waals surface area contributed by atoms with E-state index < -0.39 is 5.91 Å². The Bertz CT molecular complexity index is 599. The van der Waals surface area contributed by atoms with Crippen LogP contribution >= 0.6 is 11.6 Å². The largest absolute Gasteiger partial charge is 0.507 e. The van der Waals surface area contributed by atoms with Gasteiger partial charge in [-0.05, 0) is 30.3 Å². The highest BCUT2D eigenvalue weighted by atomic mass is 35.5. The zero-order valence-corrected chi connectivity index (χ0v) is 10.1. The normalized spacial score (nSPS) is 10.1. The number of phenolic OH excluding ortho intramolecular Hbond substituents is 1. The van der Waals surface area contributed by atoms with Crippen molar-refractivity contribution in [1.29, 1.82) is 0 Å². The highest BCUT2D eigenvalue weighted by molar-refractivity contribution is 6.34. The molecule has 0 bridgehead atoms. The first-order valence-corrected chi connectivity index (χ1v) is 5.60. The van der Waals surface area contributed by atoms with Crippen LogP contribution in [0.25, 0.3) is 0 Å². The number of carbonyl (C=O) groups excluding carboxylic acids is 1. The molecule has 0 saturated heterocycles. The van der Waals surface area contributed by atoms with E-state index in [0.717, 1.165) is 0 Å². The van der Waals surface area contributed by atoms with Crippen LogP contribution in [0.5, 0.6) is 5.75 Å². The van der Waals surface area contributed by atoms with Gasteiger partial charge in [-0.3, -0.25) is 4.79 Å². The summed E-state index contributed by atoms with van der Waals surface area (Å²) < 4.78 is 0. The minimum atomic E-state index is -0.444. The molecule has 0 heterocycles. The number of aromatic hydroxyl groups is 1. The van der Waals surface area contributed by atoms with Crippen molar-refractivity contribution in [1.82, 2.24) is 0 Å². The quantitative estimate of drug-likeness (QED) is 0.729. The van der Waals surface area contributed by atoms with E-state index in [1.165, 1.54) is 12.1 Å². The van der Waals surface area contributed by atoms with Crippen molar-refractivity contribution >= 4 is 28.9 Å². The second kappa shape index (κ2) is 4.98. The Labute approximate surface area is 109 Å². The van der Waals surface area contributed by atoms with E-state index in [-0.39, 0.29) is 11.3 Å². The summed E-state index contributed by atoms with van der Waals surface area (Å²) in [4.78, 5) is 11.9. The number of anilines is 2. The van der Waals surface area contributed by atoms with Gasteiger partial charge in [0.05, 0.1) is 16.3 Å². The van der Waals surface area contributed by atoms with Crippen LogP contribution in [0, 0.1) is 0 Å². The van der Waals surface area contributed by atoms with Crippen LogP contribution < -0.4 is 11.1 Å². The lowest BCUT2D eigenvalue weighted by Crippen LogP contribution is -2.12. The number of rotatable bonds is 2. The van der Waals surface area contributed by atoms with Crippen LogP contribution in [0.1, 0.15) is 10.4 Å². The van der Waals surface area contributed by atoms with Crippen LogP contribution in [-0.2, 0) is 0 Å². The van der Waals surface area contributed by atoms with E-state index in [1.807, 2.05) is 0 Å². The Morgan fingerprint density at radius 2 is 1.94 bits per heavy atom. The number of para-hydroxylation sites is 1. The van der Waals surface area contributed by atoms with E-state index >= 15 is 0 Å². The number of carbonyl (C=O) groups is 1. The number of nitrogen functional groups attached to an aromatic ring is 1. The second-order valence-electron chi connectivity index (χ2n) is 3.71. The first kappa shape index (κ1) is 12.3. The Kier molecular flexibility index (Phi) is 3.39. The Hall–Kier alpha value is -2.20. The molecule has 0 radical (unpaired) electrons. The van der Waals surface area contributed by atoms with Gasteiger partial charge in [0.2, 0.25) is 0 Å². The van der Waals surface area contributed by atoms with Crippen LogP contribution in [0.3, 0.4) is 0 Å². The van der Waals surface area contributed by atoms with E-state index in [4.69, 9.17) is 17.3 Å². The molecule has 0 saturated carbocycles. The van der Waals surface area contributed by atoms with E-state index in [9.17, 15) is 9.90 Å². The molecule has 4 N–H and O–H groups in total. The number of nitrogens with two attached hydrogens (primary N) is 1. The lowest BCUT2D eigenvalue weighted by Gasteiger charge is -2.09. The SMILES string of the molecule is Nc1ccc(Cl)c(NC(=O)c2ccccc2O)c1. The van der Waals surface area contributed by atoms with Gasteiger partial charge in [-0.2, -0.15) is 0 Å². The molecule has 0 aromatic heterocycles. The van der Waals surface area contributed by atoms with Gasteiger partial charge in [-0.1, -0.05) is 23.7 Å². The minimum absolute atomic E-state index is 0.0879. The van der Waals surface area contributed by atoms with Gasteiger partial charge in [0, 0.05) is 5.69 Å². The molecule has 5 heteroatoms. The number of hydrogen-bond donors (Lipinski definition) is 3. The molecule has 0 spiro atoms. The fraction of sp³-hybridized carbons (Fsp3) is 0. The van der Waals surface area contributed by atoms with Crippen LogP contribution in [0.4, 0.5) is 11.4 Å². The molecule has 0 fully saturated rings. The third kappa shape index (κ3) is 2.55. The van der Waals surface area contributed by atoms with Gasteiger partial charge in [-0.25, -0.2) is 0 Å². The predicted octanol–water partition coefficient (Wildman–Crippen LogP) is 2.88. The van der Waals surface area contributed by atoms with Gasteiger partial charge in [-0.15, -0.1) is 0 Å². The van der Waals surface area contributed by atoms with Crippen molar-refractivity contribution in [2.24, 2.45) is 0 Å². The molecule has 92 valence electrons. The molecule has 18 heavy (non-hydrogen) atoms. The summed E-state index contributed by atoms with van der Waals surface area (Å²) in [6.07, 6.45) is 0. The molecule has 0 atom stereocenters. The van der Waals surface area contributed by atoms with Crippen molar-refractivity contribution < 1.29 is 9.90 Å². The standard InChI is InChI=1S/C13H11ClN2O2/c14-10-6-5-8(15)7-11(10)16-13(18)9-3-1-2-4-12(9)17/h1-7,17H,15H2,(H,16,18). The van der Waals surface area contributed by atoms with Crippen molar-refractivity contribution in [3.63, 3.8) is 0 Å². The maximum absolute atomic E-state index is 11.9. The summed E-state index contributed by atoms with van der Waals surface area (Å²) in [7, 11) is 0. The molecule has 2 rings (SSSR count). The Balaban J connectivity index is 2.27. The van der Waals surface area contributed by atoms with Gasteiger partial charge in [0.1, 0.15) is 5.75 Å². The monoisotopic (exact) mass is 262 g/mol. The fourth-order valence-corrected chi connectivity index (χ4v) is 1.66. The maximum Gasteiger partial charge on any atom is 0.259 e. The number of amides is 1. The Morgan fingerprint density at radius 1 is 1.22 bits per heavy atom. The summed E-state index contributed by atoms with van der Waals surface area (Å²) in [5, 5.41) is 12.5. The predicted molar refractivity (Wildman–Crippen MR) is 71.9 cm³/mol. The van der Waals surface area contributed by atoms with Crippen LogP contribution in [0.15, 0.2) is 42.5 Å². The Morgan fingerprint density at radius 3 is 2.67 bits per heavy atom. The summed E-state index contributed by atoms with van der Waals surface area (Å²) >= 11 is 5.93. The smallest absolute Gasteiger partial charge is 0.259 e. The van der Waals surface area contributed by atoms with Gasteiger partial charge in [0.15, 0.2) is 0 Å². The topological polar surface area (TPSA) is 75.3 Å². The molecule has 4 nitrogen and oxygen atoms in total. The lowest BCUT2D eigenvalue weighted by atomic mass is 10.2. The van der Waals surface area contributed by atoms with E-state index in [2.05, 4.69) is 5.32 Å². The third-order valence-electron chi connectivity index (χ3n) is 2.39. The van der Waals surface area contributed by atoms with Gasteiger partial charge >= 0.3 is 0 Å².